The van der Waals surface area contributed by atoms with Crippen LogP contribution in [0.15, 0.2) is 24.3 Å². The fourth-order valence-electron chi connectivity index (χ4n) is 4.70. The Balaban J connectivity index is 2.42. The Morgan fingerprint density at radius 2 is 1.59 bits per heavy atom. The fraction of sp³-hybridized carbons (Fsp3) is 0.690. The lowest BCUT2D eigenvalue weighted by Crippen LogP contribution is -2.55. The van der Waals surface area contributed by atoms with Crippen molar-refractivity contribution >= 4 is 17.9 Å². The molecule has 0 aromatic heterocycles. The summed E-state index contributed by atoms with van der Waals surface area (Å²) in [6.07, 6.45) is 6.04. The number of phenols is 1. The topological polar surface area (TPSA) is 108 Å². The summed E-state index contributed by atoms with van der Waals surface area (Å²) in [4.78, 5) is 41.8. The summed E-state index contributed by atoms with van der Waals surface area (Å²) in [7, 11) is 0. The zero-order valence-corrected chi connectivity index (χ0v) is 23.7. The average Bonchev–Trinajstić information content (AvgIpc) is 2.80. The summed E-state index contributed by atoms with van der Waals surface area (Å²) < 4.78 is 5.36. The van der Waals surface area contributed by atoms with Crippen molar-refractivity contribution < 1.29 is 24.2 Å². The number of carbonyl (C=O) groups is 3. The van der Waals surface area contributed by atoms with E-state index in [1.54, 1.807) is 44.7 Å². The van der Waals surface area contributed by atoms with Crippen LogP contribution in [0.3, 0.4) is 0 Å². The predicted octanol–water partition coefficient (Wildman–Crippen LogP) is 5.45. The Kier molecular flexibility index (Phi) is 11.3. The third-order valence-electron chi connectivity index (χ3n) is 6.68. The van der Waals surface area contributed by atoms with E-state index in [9.17, 15) is 19.5 Å². The van der Waals surface area contributed by atoms with Gasteiger partial charge in [-0.25, -0.2) is 4.79 Å². The van der Waals surface area contributed by atoms with Gasteiger partial charge in [0.2, 0.25) is 11.8 Å². The van der Waals surface area contributed by atoms with E-state index in [4.69, 9.17) is 4.74 Å². The van der Waals surface area contributed by atoms with Crippen molar-refractivity contribution in [1.29, 1.82) is 0 Å². The van der Waals surface area contributed by atoms with Gasteiger partial charge >= 0.3 is 6.09 Å². The van der Waals surface area contributed by atoms with E-state index in [0.29, 0.717) is 17.9 Å². The molecule has 0 spiro atoms. The summed E-state index contributed by atoms with van der Waals surface area (Å²) >= 11 is 0. The predicted molar refractivity (Wildman–Crippen MR) is 145 cm³/mol. The van der Waals surface area contributed by atoms with Crippen molar-refractivity contribution in [3.8, 4) is 5.75 Å². The number of phenolic OH excluding ortho intramolecular Hbond substituents is 1. The Bertz CT molecular complexity index is 888. The van der Waals surface area contributed by atoms with Gasteiger partial charge in [-0.1, -0.05) is 45.2 Å². The van der Waals surface area contributed by atoms with Crippen molar-refractivity contribution in [2.45, 2.75) is 123 Å². The first-order chi connectivity index (χ1) is 17.3. The summed E-state index contributed by atoms with van der Waals surface area (Å²) in [5, 5.41) is 15.7. The molecule has 1 aliphatic rings. The van der Waals surface area contributed by atoms with Crippen molar-refractivity contribution in [2.24, 2.45) is 5.92 Å². The molecule has 1 aromatic carbocycles. The maximum atomic E-state index is 13.9. The second-order valence-corrected chi connectivity index (χ2v) is 11.8. The average molecular weight is 518 g/mol. The van der Waals surface area contributed by atoms with Gasteiger partial charge in [0.1, 0.15) is 23.4 Å². The Hall–Kier alpha value is -2.77. The van der Waals surface area contributed by atoms with Crippen LogP contribution in [0.25, 0.3) is 0 Å². The number of alkyl carbamates (subject to hydrolysis) is 1. The van der Waals surface area contributed by atoms with Crippen LogP contribution in [0.4, 0.5) is 4.79 Å². The number of ether oxygens (including phenoxy) is 1. The molecule has 2 rings (SSSR count). The van der Waals surface area contributed by atoms with Crippen LogP contribution < -0.4 is 10.6 Å². The number of nitrogens with zero attached hydrogens (tertiary/aromatic N) is 1. The zero-order valence-electron chi connectivity index (χ0n) is 23.7. The molecule has 0 radical (unpaired) electrons. The van der Waals surface area contributed by atoms with Crippen molar-refractivity contribution in [2.75, 3.05) is 0 Å². The minimum Gasteiger partial charge on any atom is -0.508 e. The number of amides is 3. The molecule has 0 bridgehead atoms. The van der Waals surface area contributed by atoms with Gasteiger partial charge in [0.15, 0.2) is 0 Å². The highest BCUT2D eigenvalue weighted by Gasteiger charge is 2.38. The van der Waals surface area contributed by atoms with Gasteiger partial charge in [0.25, 0.3) is 0 Å². The number of aromatic hydroxyl groups is 1. The first kappa shape index (κ1) is 30.5. The van der Waals surface area contributed by atoms with Gasteiger partial charge in [-0.05, 0) is 83.9 Å². The second kappa shape index (κ2) is 13.7. The van der Waals surface area contributed by atoms with Crippen LogP contribution in [0.2, 0.25) is 0 Å². The first-order valence-corrected chi connectivity index (χ1v) is 13.7. The molecule has 0 heterocycles. The molecule has 208 valence electrons. The molecule has 1 fully saturated rings. The van der Waals surface area contributed by atoms with E-state index in [1.165, 1.54) is 18.6 Å². The Morgan fingerprint density at radius 1 is 1.00 bits per heavy atom. The van der Waals surface area contributed by atoms with Gasteiger partial charge in [-0.3, -0.25) is 9.59 Å². The minimum atomic E-state index is -0.904. The van der Waals surface area contributed by atoms with Gasteiger partial charge in [-0.2, -0.15) is 0 Å². The SMILES string of the molecule is CC(C)CCC(C)N(C(=O)C(C)NC(=O)OC(C)(C)C)C(C(=O)NC1CCCCC1)c1ccc(O)cc1. The molecule has 3 N–H and O–H groups in total. The lowest BCUT2D eigenvalue weighted by molar-refractivity contribution is -0.145. The Morgan fingerprint density at radius 3 is 2.14 bits per heavy atom. The molecule has 1 saturated carbocycles. The molecular weight excluding hydrogens is 470 g/mol. The summed E-state index contributed by atoms with van der Waals surface area (Å²) in [5.41, 5.74) is -0.0914. The highest BCUT2D eigenvalue weighted by molar-refractivity contribution is 5.92. The summed E-state index contributed by atoms with van der Waals surface area (Å²) in [6, 6.07) is 4.41. The molecule has 3 unspecified atom stereocenters. The van der Waals surface area contributed by atoms with E-state index in [0.717, 1.165) is 32.1 Å². The smallest absolute Gasteiger partial charge is 0.408 e. The summed E-state index contributed by atoms with van der Waals surface area (Å²) in [5.74, 6) is -0.0911. The minimum absolute atomic E-state index is 0.0705. The van der Waals surface area contributed by atoms with Gasteiger partial charge in [-0.15, -0.1) is 0 Å². The number of nitrogens with one attached hydrogen (secondary N) is 2. The number of rotatable bonds is 10. The third kappa shape index (κ3) is 9.90. The van der Waals surface area contributed by atoms with Crippen molar-refractivity contribution in [3.05, 3.63) is 29.8 Å². The molecule has 0 saturated heterocycles. The molecule has 37 heavy (non-hydrogen) atoms. The molecule has 1 aromatic rings. The lowest BCUT2D eigenvalue weighted by atomic mass is 9.94. The van der Waals surface area contributed by atoms with Crippen LogP contribution in [-0.2, 0) is 14.3 Å². The highest BCUT2D eigenvalue weighted by atomic mass is 16.6. The maximum absolute atomic E-state index is 13.9. The van der Waals surface area contributed by atoms with Crippen molar-refractivity contribution in [3.63, 3.8) is 0 Å². The molecule has 3 atom stereocenters. The number of hydrogen-bond acceptors (Lipinski definition) is 5. The summed E-state index contributed by atoms with van der Waals surface area (Å²) in [6.45, 7) is 13.1. The van der Waals surface area contributed by atoms with E-state index >= 15 is 0 Å². The van der Waals surface area contributed by atoms with Gasteiger partial charge in [0, 0.05) is 12.1 Å². The molecule has 3 amide bonds. The van der Waals surface area contributed by atoms with Crippen molar-refractivity contribution in [1.82, 2.24) is 15.5 Å². The zero-order chi connectivity index (χ0) is 27.8. The molecule has 8 nitrogen and oxygen atoms in total. The highest BCUT2D eigenvalue weighted by Crippen LogP contribution is 2.29. The standard InChI is InChI=1S/C29H47N3O5/c1-19(2)13-14-20(3)32(27(35)21(4)30-28(36)37-29(5,6)7)25(22-15-17-24(33)18-16-22)26(34)31-23-11-9-8-10-12-23/h15-21,23,25,33H,8-14H2,1-7H3,(H,30,36)(H,31,34). The van der Waals surface area contributed by atoms with Crippen LogP contribution >= 0.6 is 0 Å². The number of hydrogen-bond donors (Lipinski definition) is 3. The lowest BCUT2D eigenvalue weighted by Gasteiger charge is -2.39. The maximum Gasteiger partial charge on any atom is 0.408 e. The van der Waals surface area contributed by atoms with Crippen LogP contribution in [0.5, 0.6) is 5.75 Å². The van der Waals surface area contributed by atoms with Crippen LogP contribution in [-0.4, -0.2) is 51.6 Å². The van der Waals surface area contributed by atoms with E-state index in [2.05, 4.69) is 24.5 Å². The first-order valence-electron chi connectivity index (χ1n) is 13.7. The van der Waals surface area contributed by atoms with Gasteiger partial charge < -0.3 is 25.4 Å². The van der Waals surface area contributed by atoms with E-state index in [1.807, 2.05) is 6.92 Å². The van der Waals surface area contributed by atoms with Crippen LogP contribution in [0.1, 0.15) is 105 Å². The monoisotopic (exact) mass is 517 g/mol. The molecular formula is C29H47N3O5. The Labute approximate surface area is 222 Å². The largest absolute Gasteiger partial charge is 0.508 e. The quantitative estimate of drug-likeness (QED) is 0.383. The van der Waals surface area contributed by atoms with E-state index < -0.39 is 23.8 Å². The molecule has 8 heteroatoms. The number of carbonyl (C=O) groups excluding carboxylic acids is 3. The molecule has 0 aliphatic heterocycles. The second-order valence-electron chi connectivity index (χ2n) is 11.8. The van der Waals surface area contributed by atoms with Gasteiger partial charge in [0.05, 0.1) is 0 Å². The number of benzene rings is 1. The fourth-order valence-corrected chi connectivity index (χ4v) is 4.70. The van der Waals surface area contributed by atoms with Crippen LogP contribution in [0, 0.1) is 5.92 Å². The van der Waals surface area contributed by atoms with E-state index in [-0.39, 0.29) is 29.6 Å². The molecule has 1 aliphatic carbocycles. The normalized spacial score (nSPS) is 17.0. The third-order valence-corrected chi connectivity index (χ3v) is 6.68.